The van der Waals surface area contributed by atoms with Crippen LogP contribution in [0.3, 0.4) is 0 Å². The zero-order valence-corrected chi connectivity index (χ0v) is 14.7. The molecule has 0 bridgehead atoms. The van der Waals surface area contributed by atoms with Crippen LogP contribution in [0.1, 0.15) is 37.7 Å². The summed E-state index contributed by atoms with van der Waals surface area (Å²) in [6, 6.07) is 6.65. The summed E-state index contributed by atoms with van der Waals surface area (Å²) in [5, 5.41) is 23.3. The Kier molecular flexibility index (Phi) is 5.56. The summed E-state index contributed by atoms with van der Waals surface area (Å²) in [5.74, 6) is 0. The predicted molar refractivity (Wildman–Crippen MR) is 97.0 cm³/mol. The van der Waals surface area contributed by atoms with Gasteiger partial charge in [-0.05, 0) is 18.9 Å². The van der Waals surface area contributed by atoms with E-state index in [4.69, 9.17) is 0 Å². The molecule has 0 aromatic heterocycles. The van der Waals surface area contributed by atoms with Crippen molar-refractivity contribution >= 4 is 17.4 Å². The summed E-state index contributed by atoms with van der Waals surface area (Å²) in [5.41, 5.74) is 0.889. The summed E-state index contributed by atoms with van der Waals surface area (Å²) in [7, 11) is 0. The lowest BCUT2D eigenvalue weighted by Gasteiger charge is -2.37. The van der Waals surface area contributed by atoms with E-state index in [0.717, 1.165) is 12.8 Å². The Morgan fingerprint density at radius 1 is 1.19 bits per heavy atom. The first-order valence-corrected chi connectivity index (χ1v) is 9.07. The molecule has 1 aromatic carbocycles. The molecule has 3 rings (SSSR count). The van der Waals surface area contributed by atoms with Crippen LogP contribution in [0.5, 0.6) is 0 Å². The Labute approximate surface area is 152 Å². The molecular formula is C18H23N5O3. The minimum atomic E-state index is -0.502. The Bertz CT molecular complexity index is 716. The van der Waals surface area contributed by atoms with Gasteiger partial charge in [0.05, 0.1) is 16.2 Å². The van der Waals surface area contributed by atoms with Crippen molar-refractivity contribution in [3.8, 4) is 6.07 Å². The fourth-order valence-electron chi connectivity index (χ4n) is 3.67. The third-order valence-electron chi connectivity index (χ3n) is 5.15. The molecule has 26 heavy (non-hydrogen) atoms. The van der Waals surface area contributed by atoms with Crippen molar-refractivity contribution in [3.05, 3.63) is 33.9 Å². The third-order valence-corrected chi connectivity index (χ3v) is 5.15. The van der Waals surface area contributed by atoms with Crippen LogP contribution >= 0.6 is 0 Å². The SMILES string of the molecule is N#Cc1cc([N+](=O)[O-])ccc1N1CCN(C(=O)NC2CCCCC2)CC1. The second-order valence-electron chi connectivity index (χ2n) is 6.83. The fourth-order valence-corrected chi connectivity index (χ4v) is 3.67. The summed E-state index contributed by atoms with van der Waals surface area (Å²) < 4.78 is 0. The molecule has 0 radical (unpaired) electrons. The second kappa shape index (κ2) is 8.04. The van der Waals surface area contributed by atoms with Gasteiger partial charge in [-0.25, -0.2) is 4.79 Å². The number of nitro groups is 1. The van der Waals surface area contributed by atoms with Crippen molar-refractivity contribution < 1.29 is 9.72 Å². The Morgan fingerprint density at radius 3 is 2.50 bits per heavy atom. The van der Waals surface area contributed by atoms with Gasteiger partial charge in [0.2, 0.25) is 0 Å². The molecule has 8 heteroatoms. The quantitative estimate of drug-likeness (QED) is 0.662. The number of amides is 2. The maximum absolute atomic E-state index is 12.4. The van der Waals surface area contributed by atoms with Gasteiger partial charge in [-0.3, -0.25) is 10.1 Å². The first kappa shape index (κ1) is 18.0. The van der Waals surface area contributed by atoms with Gasteiger partial charge in [0.1, 0.15) is 6.07 Å². The number of nitrogens with zero attached hydrogens (tertiary/aromatic N) is 4. The van der Waals surface area contributed by atoms with Crippen LogP contribution < -0.4 is 10.2 Å². The number of piperazine rings is 1. The van der Waals surface area contributed by atoms with Crippen molar-refractivity contribution in [1.82, 2.24) is 10.2 Å². The Morgan fingerprint density at radius 2 is 1.88 bits per heavy atom. The van der Waals surface area contributed by atoms with Crippen LogP contribution in [-0.4, -0.2) is 48.1 Å². The number of nitrogens with one attached hydrogen (secondary N) is 1. The first-order valence-electron chi connectivity index (χ1n) is 9.07. The number of non-ortho nitro benzene ring substituents is 1. The van der Waals surface area contributed by atoms with Crippen molar-refractivity contribution in [2.24, 2.45) is 0 Å². The molecule has 138 valence electrons. The van der Waals surface area contributed by atoms with Gasteiger partial charge in [0, 0.05) is 44.4 Å². The molecule has 0 unspecified atom stereocenters. The average molecular weight is 357 g/mol. The van der Waals surface area contributed by atoms with Gasteiger partial charge in [-0.1, -0.05) is 19.3 Å². The number of hydrogen-bond donors (Lipinski definition) is 1. The molecule has 1 N–H and O–H groups in total. The van der Waals surface area contributed by atoms with Crippen LogP contribution in [0.2, 0.25) is 0 Å². The predicted octanol–water partition coefficient (Wildman–Crippen LogP) is 2.63. The molecule has 2 amide bonds. The Hall–Kier alpha value is -2.82. The third kappa shape index (κ3) is 4.04. The van der Waals surface area contributed by atoms with Crippen molar-refractivity contribution in [2.75, 3.05) is 31.1 Å². The number of rotatable bonds is 3. The molecule has 1 aromatic rings. The largest absolute Gasteiger partial charge is 0.367 e. The summed E-state index contributed by atoms with van der Waals surface area (Å²) in [6.07, 6.45) is 5.72. The summed E-state index contributed by atoms with van der Waals surface area (Å²) in [6.45, 7) is 2.34. The topological polar surface area (TPSA) is 103 Å². The molecule has 2 fully saturated rings. The minimum Gasteiger partial charge on any atom is -0.367 e. The minimum absolute atomic E-state index is 0.0132. The maximum Gasteiger partial charge on any atom is 0.317 e. The van der Waals surface area contributed by atoms with Gasteiger partial charge in [0.25, 0.3) is 5.69 Å². The number of carbonyl (C=O) groups excluding carboxylic acids is 1. The van der Waals surface area contributed by atoms with E-state index in [-0.39, 0.29) is 17.8 Å². The highest BCUT2D eigenvalue weighted by Crippen LogP contribution is 2.26. The number of carbonyl (C=O) groups is 1. The van der Waals surface area contributed by atoms with Gasteiger partial charge in [-0.15, -0.1) is 0 Å². The van der Waals surface area contributed by atoms with E-state index in [1.54, 1.807) is 6.07 Å². The van der Waals surface area contributed by atoms with E-state index < -0.39 is 4.92 Å². The zero-order valence-electron chi connectivity index (χ0n) is 14.7. The zero-order chi connectivity index (χ0) is 18.5. The van der Waals surface area contributed by atoms with E-state index in [1.165, 1.54) is 31.4 Å². The highest BCUT2D eigenvalue weighted by Gasteiger charge is 2.25. The van der Waals surface area contributed by atoms with Crippen molar-refractivity contribution in [2.45, 2.75) is 38.1 Å². The molecular weight excluding hydrogens is 334 g/mol. The van der Waals surface area contributed by atoms with Crippen molar-refractivity contribution in [1.29, 1.82) is 5.26 Å². The Balaban J connectivity index is 1.59. The number of urea groups is 1. The van der Waals surface area contributed by atoms with E-state index in [9.17, 15) is 20.2 Å². The molecule has 8 nitrogen and oxygen atoms in total. The molecule has 2 aliphatic rings. The molecule has 1 heterocycles. The standard InChI is InChI=1S/C18H23N5O3/c19-13-14-12-16(23(25)26)6-7-17(14)21-8-10-22(11-9-21)18(24)20-15-4-2-1-3-5-15/h6-7,12,15H,1-5,8-11H2,(H,20,24). The molecule has 0 spiro atoms. The molecule has 1 saturated carbocycles. The molecule has 1 saturated heterocycles. The average Bonchev–Trinajstić information content (AvgIpc) is 2.68. The van der Waals surface area contributed by atoms with E-state index in [0.29, 0.717) is 37.4 Å². The van der Waals surface area contributed by atoms with Gasteiger partial charge >= 0.3 is 6.03 Å². The lowest BCUT2D eigenvalue weighted by Crippen LogP contribution is -2.53. The van der Waals surface area contributed by atoms with Gasteiger partial charge < -0.3 is 15.1 Å². The van der Waals surface area contributed by atoms with Crippen LogP contribution in [0.4, 0.5) is 16.2 Å². The van der Waals surface area contributed by atoms with Crippen LogP contribution in [-0.2, 0) is 0 Å². The number of hydrogen-bond acceptors (Lipinski definition) is 5. The highest BCUT2D eigenvalue weighted by molar-refractivity contribution is 5.75. The first-order chi connectivity index (χ1) is 12.6. The number of nitro benzene ring substituents is 1. The highest BCUT2D eigenvalue weighted by atomic mass is 16.6. The fraction of sp³-hybridized carbons (Fsp3) is 0.556. The normalized spacial score (nSPS) is 18.3. The lowest BCUT2D eigenvalue weighted by atomic mass is 9.96. The van der Waals surface area contributed by atoms with E-state index in [2.05, 4.69) is 5.32 Å². The molecule has 1 aliphatic carbocycles. The second-order valence-corrected chi connectivity index (χ2v) is 6.83. The van der Waals surface area contributed by atoms with E-state index in [1.807, 2.05) is 15.9 Å². The van der Waals surface area contributed by atoms with Gasteiger partial charge in [-0.2, -0.15) is 5.26 Å². The summed E-state index contributed by atoms with van der Waals surface area (Å²) >= 11 is 0. The van der Waals surface area contributed by atoms with Crippen molar-refractivity contribution in [3.63, 3.8) is 0 Å². The smallest absolute Gasteiger partial charge is 0.317 e. The summed E-state index contributed by atoms with van der Waals surface area (Å²) in [4.78, 5) is 26.6. The van der Waals surface area contributed by atoms with Crippen LogP contribution in [0.15, 0.2) is 18.2 Å². The van der Waals surface area contributed by atoms with Crippen LogP contribution in [0, 0.1) is 21.4 Å². The lowest BCUT2D eigenvalue weighted by molar-refractivity contribution is -0.384. The molecule has 0 atom stereocenters. The van der Waals surface area contributed by atoms with Gasteiger partial charge in [0.15, 0.2) is 0 Å². The maximum atomic E-state index is 12.4. The number of anilines is 1. The monoisotopic (exact) mass is 357 g/mol. The van der Waals surface area contributed by atoms with Crippen LogP contribution in [0.25, 0.3) is 0 Å². The number of nitriles is 1. The van der Waals surface area contributed by atoms with E-state index >= 15 is 0 Å². The number of benzene rings is 1. The molecule has 1 aliphatic heterocycles.